The van der Waals surface area contributed by atoms with Crippen molar-refractivity contribution in [2.45, 2.75) is 19.9 Å². The largest absolute Gasteiger partial charge is 0.369 e. The van der Waals surface area contributed by atoms with E-state index in [2.05, 4.69) is 19.2 Å². The third-order valence-electron chi connectivity index (χ3n) is 2.39. The number of halogens is 1. The minimum absolute atomic E-state index is 0.116. The van der Waals surface area contributed by atoms with Gasteiger partial charge in [0, 0.05) is 11.1 Å². The standard InChI is InChI=1S/C12H17ClN2O/c1-8(2)12(15-7-11(14)16)9-3-5-10(13)6-4-9/h3-6,8,12,15H,7H2,1-2H3,(H2,14,16). The highest BCUT2D eigenvalue weighted by molar-refractivity contribution is 6.30. The van der Waals surface area contributed by atoms with Crippen LogP contribution in [0.1, 0.15) is 25.5 Å². The Kier molecular flexibility index (Phi) is 4.77. The molecule has 0 aliphatic rings. The van der Waals surface area contributed by atoms with E-state index in [4.69, 9.17) is 17.3 Å². The second kappa shape index (κ2) is 5.87. The minimum atomic E-state index is -0.348. The average molecular weight is 241 g/mol. The summed E-state index contributed by atoms with van der Waals surface area (Å²) in [5.74, 6) is 0.0279. The lowest BCUT2D eigenvalue weighted by atomic mass is 9.96. The maximum atomic E-state index is 10.8. The Morgan fingerprint density at radius 1 is 1.38 bits per heavy atom. The molecule has 3 N–H and O–H groups in total. The number of hydrogen-bond acceptors (Lipinski definition) is 2. The number of benzene rings is 1. The van der Waals surface area contributed by atoms with Crippen molar-refractivity contribution in [2.24, 2.45) is 11.7 Å². The number of nitrogens with two attached hydrogens (primary N) is 1. The normalized spacial score (nSPS) is 12.8. The van der Waals surface area contributed by atoms with Crippen LogP contribution in [0.2, 0.25) is 5.02 Å². The number of primary amides is 1. The summed E-state index contributed by atoms with van der Waals surface area (Å²) in [4.78, 5) is 10.8. The van der Waals surface area contributed by atoms with Gasteiger partial charge in [-0.05, 0) is 23.6 Å². The van der Waals surface area contributed by atoms with Crippen molar-refractivity contribution in [2.75, 3.05) is 6.54 Å². The fourth-order valence-corrected chi connectivity index (χ4v) is 1.75. The first-order valence-electron chi connectivity index (χ1n) is 5.28. The second-order valence-corrected chi connectivity index (χ2v) is 4.56. The van der Waals surface area contributed by atoms with Crippen molar-refractivity contribution in [3.05, 3.63) is 34.9 Å². The van der Waals surface area contributed by atoms with Gasteiger partial charge in [-0.15, -0.1) is 0 Å². The molecule has 0 aliphatic heterocycles. The first kappa shape index (κ1) is 13.0. The van der Waals surface area contributed by atoms with Crippen LogP contribution in [-0.2, 0) is 4.79 Å². The number of carbonyl (C=O) groups excluding carboxylic acids is 1. The molecule has 1 rings (SSSR count). The van der Waals surface area contributed by atoms with Gasteiger partial charge in [0.2, 0.25) is 5.91 Å². The molecule has 0 bridgehead atoms. The van der Waals surface area contributed by atoms with Gasteiger partial charge in [0.15, 0.2) is 0 Å². The molecular formula is C12H17ClN2O. The van der Waals surface area contributed by atoms with Gasteiger partial charge in [-0.1, -0.05) is 37.6 Å². The summed E-state index contributed by atoms with van der Waals surface area (Å²) in [6.45, 7) is 4.37. The zero-order valence-electron chi connectivity index (χ0n) is 9.53. The molecule has 0 fully saturated rings. The zero-order valence-corrected chi connectivity index (χ0v) is 10.3. The number of hydrogen-bond donors (Lipinski definition) is 2. The third kappa shape index (κ3) is 3.83. The molecule has 1 aromatic carbocycles. The Bertz CT molecular complexity index is 349. The van der Waals surface area contributed by atoms with E-state index in [1.807, 2.05) is 24.3 Å². The molecule has 0 saturated carbocycles. The maximum absolute atomic E-state index is 10.8. The zero-order chi connectivity index (χ0) is 12.1. The first-order valence-corrected chi connectivity index (χ1v) is 5.65. The Morgan fingerprint density at radius 3 is 2.38 bits per heavy atom. The molecule has 0 radical (unpaired) electrons. The van der Waals surface area contributed by atoms with E-state index in [9.17, 15) is 4.79 Å². The summed E-state index contributed by atoms with van der Waals surface area (Å²) in [7, 11) is 0. The van der Waals surface area contributed by atoms with E-state index in [1.54, 1.807) is 0 Å². The highest BCUT2D eigenvalue weighted by atomic mass is 35.5. The van der Waals surface area contributed by atoms with E-state index in [0.29, 0.717) is 10.9 Å². The molecule has 1 atom stereocenters. The van der Waals surface area contributed by atoms with Gasteiger partial charge in [-0.25, -0.2) is 0 Å². The smallest absolute Gasteiger partial charge is 0.231 e. The predicted octanol–water partition coefficient (Wildman–Crippen LogP) is 2.11. The summed E-state index contributed by atoms with van der Waals surface area (Å²) in [5, 5.41) is 3.85. The van der Waals surface area contributed by atoms with Gasteiger partial charge < -0.3 is 11.1 Å². The summed E-state index contributed by atoms with van der Waals surface area (Å²) in [6.07, 6.45) is 0. The lowest BCUT2D eigenvalue weighted by molar-refractivity contribution is -0.117. The Morgan fingerprint density at radius 2 is 1.94 bits per heavy atom. The monoisotopic (exact) mass is 240 g/mol. The van der Waals surface area contributed by atoms with Crippen LogP contribution in [0.25, 0.3) is 0 Å². The quantitative estimate of drug-likeness (QED) is 0.828. The molecule has 0 heterocycles. The van der Waals surface area contributed by atoms with Crippen molar-refractivity contribution in [1.82, 2.24) is 5.32 Å². The molecule has 4 heteroatoms. The Labute approximate surface area is 101 Å². The topological polar surface area (TPSA) is 55.1 Å². The van der Waals surface area contributed by atoms with Crippen molar-refractivity contribution in [3.63, 3.8) is 0 Å². The number of amides is 1. The van der Waals surface area contributed by atoms with Gasteiger partial charge in [0.05, 0.1) is 6.54 Å². The second-order valence-electron chi connectivity index (χ2n) is 4.12. The number of rotatable bonds is 5. The van der Waals surface area contributed by atoms with Crippen LogP contribution >= 0.6 is 11.6 Å². The molecule has 16 heavy (non-hydrogen) atoms. The molecule has 0 aliphatic carbocycles. The van der Waals surface area contributed by atoms with Gasteiger partial charge in [0.1, 0.15) is 0 Å². The lowest BCUT2D eigenvalue weighted by Crippen LogP contribution is -2.34. The summed E-state index contributed by atoms with van der Waals surface area (Å²) in [5.41, 5.74) is 6.23. The van der Waals surface area contributed by atoms with Crippen molar-refractivity contribution in [3.8, 4) is 0 Å². The van der Waals surface area contributed by atoms with Gasteiger partial charge >= 0.3 is 0 Å². The van der Waals surface area contributed by atoms with Gasteiger partial charge in [0.25, 0.3) is 0 Å². The van der Waals surface area contributed by atoms with Crippen LogP contribution in [-0.4, -0.2) is 12.5 Å². The van der Waals surface area contributed by atoms with Crippen LogP contribution in [0.5, 0.6) is 0 Å². The average Bonchev–Trinajstić information content (AvgIpc) is 2.20. The highest BCUT2D eigenvalue weighted by Gasteiger charge is 2.15. The highest BCUT2D eigenvalue weighted by Crippen LogP contribution is 2.22. The SMILES string of the molecule is CC(C)C(NCC(N)=O)c1ccc(Cl)cc1. The molecule has 0 spiro atoms. The van der Waals surface area contributed by atoms with E-state index in [-0.39, 0.29) is 18.5 Å². The van der Waals surface area contributed by atoms with Crippen molar-refractivity contribution >= 4 is 17.5 Å². The molecule has 1 unspecified atom stereocenters. The number of carbonyl (C=O) groups is 1. The fraction of sp³-hybridized carbons (Fsp3) is 0.417. The van der Waals surface area contributed by atoms with E-state index < -0.39 is 0 Å². The minimum Gasteiger partial charge on any atom is -0.369 e. The molecule has 1 aromatic rings. The summed E-state index contributed by atoms with van der Waals surface area (Å²) < 4.78 is 0. The third-order valence-corrected chi connectivity index (χ3v) is 2.64. The molecule has 88 valence electrons. The van der Waals surface area contributed by atoms with Crippen LogP contribution < -0.4 is 11.1 Å². The van der Waals surface area contributed by atoms with Crippen LogP contribution in [0.15, 0.2) is 24.3 Å². The van der Waals surface area contributed by atoms with Crippen molar-refractivity contribution in [1.29, 1.82) is 0 Å². The summed E-state index contributed by atoms with van der Waals surface area (Å²) in [6, 6.07) is 7.73. The van der Waals surface area contributed by atoms with Gasteiger partial charge in [-0.3, -0.25) is 4.79 Å². The predicted molar refractivity (Wildman–Crippen MR) is 66.2 cm³/mol. The van der Waals surface area contributed by atoms with Crippen LogP contribution in [0.3, 0.4) is 0 Å². The molecule has 0 aromatic heterocycles. The van der Waals surface area contributed by atoms with E-state index >= 15 is 0 Å². The van der Waals surface area contributed by atoms with Gasteiger partial charge in [-0.2, -0.15) is 0 Å². The Hall–Kier alpha value is -1.06. The first-order chi connectivity index (χ1) is 7.50. The van der Waals surface area contributed by atoms with E-state index in [1.165, 1.54) is 0 Å². The summed E-state index contributed by atoms with van der Waals surface area (Å²) >= 11 is 5.83. The lowest BCUT2D eigenvalue weighted by Gasteiger charge is -2.22. The Balaban J connectivity index is 2.77. The maximum Gasteiger partial charge on any atom is 0.231 e. The van der Waals surface area contributed by atoms with E-state index in [0.717, 1.165) is 5.56 Å². The van der Waals surface area contributed by atoms with Crippen LogP contribution in [0, 0.1) is 5.92 Å². The number of nitrogens with one attached hydrogen (secondary N) is 1. The van der Waals surface area contributed by atoms with Crippen molar-refractivity contribution < 1.29 is 4.79 Å². The molecular weight excluding hydrogens is 224 g/mol. The molecule has 0 saturated heterocycles. The molecule has 1 amide bonds. The fourth-order valence-electron chi connectivity index (χ4n) is 1.62. The molecule has 3 nitrogen and oxygen atoms in total. The van der Waals surface area contributed by atoms with Crippen LogP contribution in [0.4, 0.5) is 0 Å².